The van der Waals surface area contributed by atoms with E-state index in [4.69, 9.17) is 5.11 Å². The van der Waals surface area contributed by atoms with Gasteiger partial charge in [0.25, 0.3) is 0 Å². The largest absolute Gasteiger partial charge is 0.478 e. The lowest BCUT2D eigenvalue weighted by atomic mass is 10.0. The topological polar surface area (TPSA) is 88.3 Å². The number of rotatable bonds is 5. The van der Waals surface area contributed by atoms with Crippen LogP contribution in [0.1, 0.15) is 41.2 Å². The highest BCUT2D eigenvalue weighted by atomic mass is 16.4. The summed E-state index contributed by atoms with van der Waals surface area (Å²) in [4.78, 5) is 29.1. The summed E-state index contributed by atoms with van der Waals surface area (Å²) in [6.07, 6.45) is 6.22. The summed E-state index contributed by atoms with van der Waals surface area (Å²) < 4.78 is 1.82. The Balaban J connectivity index is 1.53. The fourth-order valence-corrected chi connectivity index (χ4v) is 3.03. The average molecular weight is 328 g/mol. The second kappa shape index (κ2) is 7.25. The Labute approximate surface area is 139 Å². The Morgan fingerprint density at radius 1 is 1.25 bits per heavy atom. The van der Waals surface area contributed by atoms with Gasteiger partial charge in [0.2, 0.25) is 5.91 Å². The highest BCUT2D eigenvalue weighted by Crippen LogP contribution is 2.21. The van der Waals surface area contributed by atoms with Crippen LogP contribution < -0.4 is 0 Å². The molecule has 1 fully saturated rings. The van der Waals surface area contributed by atoms with Crippen molar-refractivity contribution in [3.63, 3.8) is 0 Å². The van der Waals surface area contributed by atoms with Gasteiger partial charge in [-0.3, -0.25) is 4.79 Å². The molecule has 0 spiro atoms. The first-order valence-corrected chi connectivity index (χ1v) is 8.07. The highest BCUT2D eigenvalue weighted by molar-refractivity contribution is 5.87. The molecule has 0 saturated carbocycles. The molecule has 1 unspecified atom stereocenters. The first kappa shape index (κ1) is 16.2. The van der Waals surface area contributed by atoms with Crippen molar-refractivity contribution in [3.8, 4) is 0 Å². The molecule has 1 atom stereocenters. The second-order valence-electron chi connectivity index (χ2n) is 6.01. The number of hydrogen-bond acceptors (Lipinski definition) is 4. The fourth-order valence-electron chi connectivity index (χ4n) is 3.03. The summed E-state index contributed by atoms with van der Waals surface area (Å²) in [5, 5.41) is 13.1. The SMILES string of the molecule is O=C(O)c1ccc(CCC(=O)N2CCCC(n3cncn3)C2)cc1. The molecule has 1 amide bonds. The standard InChI is InChI=1S/C17H20N4O3/c22-16(8-5-13-3-6-14(7-4-13)17(23)24)20-9-1-2-15(10-20)21-12-18-11-19-21/h3-4,6-7,11-12,15H,1-2,5,8-10H2,(H,23,24). The van der Waals surface area contributed by atoms with E-state index in [0.29, 0.717) is 19.4 Å². The van der Waals surface area contributed by atoms with Crippen molar-refractivity contribution in [2.75, 3.05) is 13.1 Å². The average Bonchev–Trinajstić information content (AvgIpc) is 3.15. The van der Waals surface area contributed by atoms with Gasteiger partial charge in [-0.2, -0.15) is 5.10 Å². The number of aryl methyl sites for hydroxylation is 1. The number of hydrogen-bond donors (Lipinski definition) is 1. The Morgan fingerprint density at radius 2 is 2.04 bits per heavy atom. The van der Waals surface area contributed by atoms with Crippen molar-refractivity contribution in [2.45, 2.75) is 31.7 Å². The predicted octanol–water partition coefficient (Wildman–Crippen LogP) is 1.77. The van der Waals surface area contributed by atoms with Gasteiger partial charge in [0.05, 0.1) is 11.6 Å². The summed E-state index contributed by atoms with van der Waals surface area (Å²) in [7, 11) is 0. The number of piperidine rings is 1. The number of benzene rings is 1. The van der Waals surface area contributed by atoms with E-state index in [9.17, 15) is 9.59 Å². The molecule has 0 radical (unpaired) electrons. The smallest absolute Gasteiger partial charge is 0.335 e. The van der Waals surface area contributed by atoms with Crippen LogP contribution in [-0.2, 0) is 11.2 Å². The van der Waals surface area contributed by atoms with Crippen LogP contribution in [0.2, 0.25) is 0 Å². The normalized spacial score (nSPS) is 17.7. The van der Waals surface area contributed by atoms with E-state index in [0.717, 1.165) is 24.9 Å². The molecule has 3 rings (SSSR count). The van der Waals surface area contributed by atoms with Crippen LogP contribution in [0.5, 0.6) is 0 Å². The van der Waals surface area contributed by atoms with Crippen LogP contribution in [-0.4, -0.2) is 49.7 Å². The van der Waals surface area contributed by atoms with Crippen molar-refractivity contribution in [2.24, 2.45) is 0 Å². The van der Waals surface area contributed by atoms with Crippen molar-refractivity contribution < 1.29 is 14.7 Å². The van der Waals surface area contributed by atoms with Gasteiger partial charge in [0.15, 0.2) is 0 Å². The first-order valence-electron chi connectivity index (χ1n) is 8.07. The van der Waals surface area contributed by atoms with E-state index in [2.05, 4.69) is 10.1 Å². The third-order valence-electron chi connectivity index (χ3n) is 4.39. The van der Waals surface area contributed by atoms with Gasteiger partial charge < -0.3 is 10.0 Å². The molecule has 1 aromatic heterocycles. The van der Waals surface area contributed by atoms with E-state index in [-0.39, 0.29) is 17.5 Å². The number of nitrogens with zero attached hydrogens (tertiary/aromatic N) is 4. The third-order valence-corrected chi connectivity index (χ3v) is 4.39. The number of carbonyl (C=O) groups is 2. The maximum absolute atomic E-state index is 12.4. The van der Waals surface area contributed by atoms with Gasteiger partial charge in [0, 0.05) is 19.5 Å². The van der Waals surface area contributed by atoms with Gasteiger partial charge in [-0.05, 0) is 37.0 Å². The number of amides is 1. The van der Waals surface area contributed by atoms with Crippen molar-refractivity contribution in [1.82, 2.24) is 19.7 Å². The van der Waals surface area contributed by atoms with Crippen LogP contribution in [0.4, 0.5) is 0 Å². The van der Waals surface area contributed by atoms with Gasteiger partial charge in [-0.1, -0.05) is 12.1 Å². The molecule has 1 saturated heterocycles. The van der Waals surface area contributed by atoms with E-state index in [1.165, 1.54) is 6.33 Å². The molecule has 1 N–H and O–H groups in total. The van der Waals surface area contributed by atoms with E-state index in [1.54, 1.807) is 30.6 Å². The van der Waals surface area contributed by atoms with E-state index in [1.807, 2.05) is 9.58 Å². The quantitative estimate of drug-likeness (QED) is 0.904. The number of aromatic nitrogens is 3. The first-order chi connectivity index (χ1) is 11.6. The van der Waals surface area contributed by atoms with Crippen LogP contribution in [0.3, 0.4) is 0 Å². The number of carboxylic acids is 1. The summed E-state index contributed by atoms with van der Waals surface area (Å²) in [5.41, 5.74) is 1.23. The second-order valence-corrected chi connectivity index (χ2v) is 6.01. The molecule has 2 heterocycles. The van der Waals surface area contributed by atoms with E-state index < -0.39 is 5.97 Å². The predicted molar refractivity (Wildman–Crippen MR) is 86.6 cm³/mol. The number of aromatic carboxylic acids is 1. The Bertz CT molecular complexity index is 697. The van der Waals surface area contributed by atoms with Crippen LogP contribution in [0.15, 0.2) is 36.9 Å². The number of carbonyl (C=O) groups excluding carboxylic acids is 1. The molecule has 1 aromatic carbocycles. The van der Waals surface area contributed by atoms with Crippen molar-refractivity contribution in [3.05, 3.63) is 48.0 Å². The van der Waals surface area contributed by atoms with Crippen molar-refractivity contribution in [1.29, 1.82) is 0 Å². The minimum atomic E-state index is -0.940. The molecule has 126 valence electrons. The number of likely N-dealkylation sites (tertiary alicyclic amines) is 1. The van der Waals surface area contributed by atoms with Crippen LogP contribution >= 0.6 is 0 Å². The lowest BCUT2D eigenvalue weighted by molar-refractivity contribution is -0.132. The molecule has 2 aromatic rings. The van der Waals surface area contributed by atoms with Gasteiger partial charge in [-0.25, -0.2) is 14.5 Å². The fraction of sp³-hybridized carbons (Fsp3) is 0.412. The maximum atomic E-state index is 12.4. The highest BCUT2D eigenvalue weighted by Gasteiger charge is 2.24. The van der Waals surface area contributed by atoms with Gasteiger partial charge in [-0.15, -0.1) is 0 Å². The Kier molecular flexibility index (Phi) is 4.88. The van der Waals surface area contributed by atoms with E-state index >= 15 is 0 Å². The monoisotopic (exact) mass is 328 g/mol. The van der Waals surface area contributed by atoms with Crippen LogP contribution in [0.25, 0.3) is 0 Å². The summed E-state index contributed by atoms with van der Waals surface area (Å²) in [6, 6.07) is 6.88. The molecule has 0 aliphatic carbocycles. The lowest BCUT2D eigenvalue weighted by Crippen LogP contribution is -2.40. The lowest BCUT2D eigenvalue weighted by Gasteiger charge is -2.32. The summed E-state index contributed by atoms with van der Waals surface area (Å²) >= 11 is 0. The summed E-state index contributed by atoms with van der Waals surface area (Å²) in [6.45, 7) is 1.45. The minimum absolute atomic E-state index is 0.127. The molecule has 1 aliphatic rings. The summed E-state index contributed by atoms with van der Waals surface area (Å²) in [5.74, 6) is -0.813. The third kappa shape index (κ3) is 3.79. The molecular formula is C17H20N4O3. The zero-order valence-electron chi connectivity index (χ0n) is 13.3. The van der Waals surface area contributed by atoms with Gasteiger partial charge in [0.1, 0.15) is 12.7 Å². The molecule has 24 heavy (non-hydrogen) atoms. The Morgan fingerprint density at radius 3 is 2.71 bits per heavy atom. The molecule has 7 heteroatoms. The molecule has 7 nitrogen and oxygen atoms in total. The Hall–Kier alpha value is -2.70. The maximum Gasteiger partial charge on any atom is 0.335 e. The zero-order valence-corrected chi connectivity index (χ0v) is 13.3. The molecular weight excluding hydrogens is 308 g/mol. The molecule has 1 aliphatic heterocycles. The van der Waals surface area contributed by atoms with Crippen molar-refractivity contribution >= 4 is 11.9 Å². The minimum Gasteiger partial charge on any atom is -0.478 e. The van der Waals surface area contributed by atoms with Gasteiger partial charge >= 0.3 is 5.97 Å². The zero-order chi connectivity index (χ0) is 16.9. The number of carboxylic acid groups (broad SMARTS) is 1. The van der Waals surface area contributed by atoms with Crippen LogP contribution in [0, 0.1) is 0 Å². The molecule has 0 bridgehead atoms.